The lowest BCUT2D eigenvalue weighted by Gasteiger charge is -2.36. The van der Waals surface area contributed by atoms with Crippen molar-refractivity contribution < 1.29 is 8.42 Å². The fraction of sp³-hybridized carbons (Fsp3) is 1.00. The molecule has 0 radical (unpaired) electrons. The summed E-state index contributed by atoms with van der Waals surface area (Å²) in [7, 11) is -3.01. The van der Waals surface area contributed by atoms with Crippen LogP contribution in [-0.2, 0) is 10.0 Å². The third-order valence-corrected chi connectivity index (χ3v) is 5.37. The first-order chi connectivity index (χ1) is 8.45. The first-order valence-electron chi connectivity index (χ1n) is 6.88. The van der Waals surface area contributed by atoms with E-state index >= 15 is 0 Å². The van der Waals surface area contributed by atoms with Crippen molar-refractivity contribution in [1.82, 2.24) is 9.21 Å². The molecule has 0 saturated carbocycles. The molecule has 0 bridgehead atoms. The van der Waals surface area contributed by atoms with Gasteiger partial charge in [0.25, 0.3) is 0 Å². The van der Waals surface area contributed by atoms with Crippen LogP contribution in [0.4, 0.5) is 0 Å². The molecular formula is C12H25N3O2S. The van der Waals surface area contributed by atoms with Gasteiger partial charge in [0.15, 0.2) is 0 Å². The fourth-order valence-corrected chi connectivity index (χ4v) is 3.92. The molecule has 0 aromatic carbocycles. The predicted molar refractivity (Wildman–Crippen MR) is 72.8 cm³/mol. The third-order valence-electron chi connectivity index (χ3n) is 4.10. The first-order valence-corrected chi connectivity index (χ1v) is 8.73. The zero-order chi connectivity index (χ0) is 13.2. The lowest BCUT2D eigenvalue weighted by atomic mass is 9.97. The van der Waals surface area contributed by atoms with Crippen molar-refractivity contribution in [1.29, 1.82) is 0 Å². The van der Waals surface area contributed by atoms with Gasteiger partial charge in [0, 0.05) is 25.7 Å². The van der Waals surface area contributed by atoms with Crippen molar-refractivity contribution in [2.45, 2.75) is 31.7 Å². The van der Waals surface area contributed by atoms with E-state index in [0.29, 0.717) is 25.0 Å². The van der Waals surface area contributed by atoms with Gasteiger partial charge in [-0.1, -0.05) is 0 Å². The van der Waals surface area contributed by atoms with E-state index in [1.54, 1.807) is 4.31 Å². The standard InChI is InChI=1S/C12H25N3O2S/c1-18(16,17)15-6-2-3-11(10-15)9-14-7-4-12(13)5-8-14/h11-12H,2-10,13H2,1H3. The monoisotopic (exact) mass is 275 g/mol. The van der Waals surface area contributed by atoms with E-state index in [-0.39, 0.29) is 0 Å². The van der Waals surface area contributed by atoms with Gasteiger partial charge in [0.05, 0.1) is 6.26 Å². The van der Waals surface area contributed by atoms with Crippen LogP contribution in [0.5, 0.6) is 0 Å². The van der Waals surface area contributed by atoms with Gasteiger partial charge in [-0.3, -0.25) is 0 Å². The van der Waals surface area contributed by atoms with Gasteiger partial charge >= 0.3 is 0 Å². The summed E-state index contributed by atoms with van der Waals surface area (Å²) in [5, 5.41) is 0. The van der Waals surface area contributed by atoms with Crippen LogP contribution in [0.25, 0.3) is 0 Å². The normalized spacial score (nSPS) is 29.6. The number of hydrogen-bond donors (Lipinski definition) is 1. The Balaban J connectivity index is 1.83. The molecule has 0 amide bonds. The quantitative estimate of drug-likeness (QED) is 0.792. The average molecular weight is 275 g/mol. The van der Waals surface area contributed by atoms with E-state index in [1.807, 2.05) is 0 Å². The summed E-state index contributed by atoms with van der Waals surface area (Å²) in [6.07, 6.45) is 5.60. The summed E-state index contributed by atoms with van der Waals surface area (Å²) in [6, 6.07) is 0.361. The second kappa shape index (κ2) is 5.86. The van der Waals surface area contributed by atoms with Crippen LogP contribution in [0, 0.1) is 5.92 Å². The predicted octanol–water partition coefficient (Wildman–Crippen LogP) is 0.0811. The lowest BCUT2D eigenvalue weighted by Crippen LogP contribution is -2.46. The first kappa shape index (κ1) is 14.2. The van der Waals surface area contributed by atoms with Gasteiger partial charge in [-0.2, -0.15) is 0 Å². The minimum atomic E-state index is -3.01. The summed E-state index contributed by atoms with van der Waals surface area (Å²) in [4.78, 5) is 2.44. The van der Waals surface area contributed by atoms with E-state index in [1.165, 1.54) is 6.26 Å². The maximum Gasteiger partial charge on any atom is 0.211 e. The number of hydrogen-bond acceptors (Lipinski definition) is 4. The van der Waals surface area contributed by atoms with Crippen LogP contribution in [0.15, 0.2) is 0 Å². The number of likely N-dealkylation sites (tertiary alicyclic amines) is 1. The molecule has 2 heterocycles. The van der Waals surface area contributed by atoms with Crippen molar-refractivity contribution in [3.05, 3.63) is 0 Å². The smallest absolute Gasteiger partial charge is 0.211 e. The molecule has 2 rings (SSSR count). The minimum absolute atomic E-state index is 0.361. The Morgan fingerprint density at radius 2 is 1.83 bits per heavy atom. The number of nitrogens with zero attached hydrogens (tertiary/aromatic N) is 2. The Kier molecular flexibility index (Phi) is 4.64. The third kappa shape index (κ3) is 3.91. The highest BCUT2D eigenvalue weighted by atomic mass is 32.2. The Morgan fingerprint density at radius 3 is 2.44 bits per heavy atom. The Bertz CT molecular complexity index is 364. The summed E-state index contributed by atoms with van der Waals surface area (Å²) in [5.41, 5.74) is 5.90. The maximum absolute atomic E-state index is 11.6. The molecule has 0 aliphatic carbocycles. The van der Waals surface area contributed by atoms with Crippen molar-refractivity contribution in [3.8, 4) is 0 Å². The van der Waals surface area contributed by atoms with Gasteiger partial charge in [0.1, 0.15) is 0 Å². The van der Waals surface area contributed by atoms with E-state index < -0.39 is 10.0 Å². The van der Waals surface area contributed by atoms with Crippen molar-refractivity contribution in [3.63, 3.8) is 0 Å². The van der Waals surface area contributed by atoms with E-state index in [4.69, 9.17) is 5.73 Å². The molecule has 0 aromatic heterocycles. The second-order valence-electron chi connectivity index (χ2n) is 5.77. The van der Waals surface area contributed by atoms with Crippen LogP contribution in [0.1, 0.15) is 25.7 Å². The Morgan fingerprint density at radius 1 is 1.17 bits per heavy atom. The van der Waals surface area contributed by atoms with Gasteiger partial charge in [-0.25, -0.2) is 12.7 Å². The Hall–Kier alpha value is -0.170. The molecule has 2 aliphatic rings. The highest BCUT2D eigenvalue weighted by Crippen LogP contribution is 2.21. The molecule has 1 unspecified atom stereocenters. The van der Waals surface area contributed by atoms with E-state index in [2.05, 4.69) is 4.90 Å². The number of piperidine rings is 2. The molecular weight excluding hydrogens is 250 g/mol. The fourth-order valence-electron chi connectivity index (χ4n) is 2.98. The van der Waals surface area contributed by atoms with Crippen molar-refractivity contribution >= 4 is 10.0 Å². The second-order valence-corrected chi connectivity index (χ2v) is 7.75. The number of rotatable bonds is 3. The zero-order valence-electron chi connectivity index (χ0n) is 11.2. The van der Waals surface area contributed by atoms with Gasteiger partial charge in [-0.15, -0.1) is 0 Å². The highest BCUT2D eigenvalue weighted by Gasteiger charge is 2.27. The van der Waals surface area contributed by atoms with Crippen LogP contribution < -0.4 is 5.73 Å². The van der Waals surface area contributed by atoms with Crippen molar-refractivity contribution in [2.75, 3.05) is 39.0 Å². The molecule has 106 valence electrons. The van der Waals surface area contributed by atoms with Gasteiger partial charge < -0.3 is 10.6 Å². The molecule has 5 nitrogen and oxygen atoms in total. The molecule has 0 aromatic rings. The topological polar surface area (TPSA) is 66.6 Å². The highest BCUT2D eigenvalue weighted by molar-refractivity contribution is 7.88. The zero-order valence-corrected chi connectivity index (χ0v) is 12.0. The van der Waals surface area contributed by atoms with E-state index in [0.717, 1.165) is 45.3 Å². The van der Waals surface area contributed by atoms with Crippen LogP contribution in [0.2, 0.25) is 0 Å². The molecule has 2 fully saturated rings. The van der Waals surface area contributed by atoms with Crippen LogP contribution in [-0.4, -0.2) is 62.6 Å². The van der Waals surface area contributed by atoms with E-state index in [9.17, 15) is 8.42 Å². The number of nitrogens with two attached hydrogens (primary N) is 1. The molecule has 2 N–H and O–H groups in total. The molecule has 2 aliphatic heterocycles. The molecule has 2 saturated heterocycles. The number of sulfonamides is 1. The largest absolute Gasteiger partial charge is 0.328 e. The van der Waals surface area contributed by atoms with Crippen LogP contribution in [0.3, 0.4) is 0 Å². The van der Waals surface area contributed by atoms with Gasteiger partial charge in [0.2, 0.25) is 10.0 Å². The SMILES string of the molecule is CS(=O)(=O)N1CCCC(CN2CCC(N)CC2)C1. The van der Waals surface area contributed by atoms with Crippen LogP contribution >= 0.6 is 0 Å². The molecule has 6 heteroatoms. The molecule has 1 atom stereocenters. The molecule has 18 heavy (non-hydrogen) atoms. The maximum atomic E-state index is 11.6. The van der Waals surface area contributed by atoms with Crippen molar-refractivity contribution in [2.24, 2.45) is 11.7 Å². The summed E-state index contributed by atoms with van der Waals surface area (Å²) in [5.74, 6) is 0.489. The minimum Gasteiger partial charge on any atom is -0.328 e. The average Bonchev–Trinajstić information content (AvgIpc) is 2.31. The summed E-state index contributed by atoms with van der Waals surface area (Å²) < 4.78 is 24.8. The molecule has 0 spiro atoms. The van der Waals surface area contributed by atoms with Gasteiger partial charge in [-0.05, 0) is 44.7 Å². The summed E-state index contributed by atoms with van der Waals surface area (Å²) >= 11 is 0. The Labute approximate surface area is 110 Å². The summed E-state index contributed by atoms with van der Waals surface area (Å²) in [6.45, 7) is 4.55. The lowest BCUT2D eigenvalue weighted by molar-refractivity contribution is 0.151.